The summed E-state index contributed by atoms with van der Waals surface area (Å²) in [4.78, 5) is 5.27. The third-order valence-electron chi connectivity index (χ3n) is 4.69. The first-order chi connectivity index (χ1) is 13.6. The second kappa shape index (κ2) is 7.67. The van der Waals surface area contributed by atoms with Crippen LogP contribution >= 0.6 is 23.1 Å². The number of nitrogens with zero attached hydrogens (tertiary/aromatic N) is 3. The zero-order chi connectivity index (χ0) is 19.7. The van der Waals surface area contributed by atoms with Crippen LogP contribution in [0.3, 0.4) is 0 Å². The lowest BCUT2D eigenvalue weighted by Gasteiger charge is -2.12. The van der Waals surface area contributed by atoms with Gasteiger partial charge in [0.1, 0.15) is 6.07 Å². The molecule has 2 heterocycles. The molecule has 2 aromatic carbocycles. The maximum atomic E-state index is 9.68. The Bertz CT molecular complexity index is 1210. The van der Waals surface area contributed by atoms with Gasteiger partial charge in [0.15, 0.2) is 4.34 Å². The van der Waals surface area contributed by atoms with Gasteiger partial charge < -0.3 is 4.57 Å². The summed E-state index contributed by atoms with van der Waals surface area (Å²) in [5.74, 6) is 0. The van der Waals surface area contributed by atoms with E-state index in [-0.39, 0.29) is 0 Å². The topological polar surface area (TPSA) is 41.6 Å². The molecule has 0 saturated carbocycles. The number of hydrogen-bond acceptors (Lipinski definition) is 4. The number of rotatable bonds is 4. The minimum atomic E-state index is 0.643. The molecule has 138 valence electrons. The molecule has 2 aromatic heterocycles. The Morgan fingerprint density at radius 2 is 1.86 bits per heavy atom. The van der Waals surface area contributed by atoms with E-state index in [9.17, 15) is 5.26 Å². The van der Waals surface area contributed by atoms with Crippen molar-refractivity contribution in [3.05, 3.63) is 82.0 Å². The van der Waals surface area contributed by atoms with E-state index in [1.165, 1.54) is 23.0 Å². The van der Waals surface area contributed by atoms with Crippen molar-refractivity contribution in [1.82, 2.24) is 9.55 Å². The van der Waals surface area contributed by atoms with Gasteiger partial charge in [-0.1, -0.05) is 30.3 Å². The number of hydrogen-bond donors (Lipinski definition) is 0. The number of allylic oxidation sites excluding steroid dienone is 1. The van der Waals surface area contributed by atoms with E-state index in [0.717, 1.165) is 31.5 Å². The highest BCUT2D eigenvalue weighted by molar-refractivity contribution is 8.05. The van der Waals surface area contributed by atoms with Gasteiger partial charge in [-0.15, -0.1) is 11.3 Å². The molecule has 5 heteroatoms. The Hall–Kier alpha value is -2.81. The zero-order valence-corrected chi connectivity index (χ0v) is 17.6. The van der Waals surface area contributed by atoms with Gasteiger partial charge in [-0.3, -0.25) is 0 Å². The molecule has 0 unspecified atom stereocenters. The van der Waals surface area contributed by atoms with Crippen molar-refractivity contribution in [3.63, 3.8) is 0 Å². The molecule has 0 amide bonds. The molecule has 28 heavy (non-hydrogen) atoms. The van der Waals surface area contributed by atoms with E-state index < -0.39 is 0 Å². The highest BCUT2D eigenvalue weighted by Crippen LogP contribution is 2.35. The second-order valence-electron chi connectivity index (χ2n) is 6.62. The number of benzene rings is 2. The number of fused-ring (bicyclic) bond motifs is 1. The molecular weight excluding hydrogens is 382 g/mol. The molecule has 0 aliphatic carbocycles. The molecule has 4 rings (SSSR count). The van der Waals surface area contributed by atoms with Crippen LogP contribution in [0, 0.1) is 32.1 Å². The van der Waals surface area contributed by atoms with E-state index in [2.05, 4.69) is 72.8 Å². The number of aromatic nitrogens is 2. The highest BCUT2D eigenvalue weighted by atomic mass is 32.2. The first-order valence-corrected chi connectivity index (χ1v) is 10.6. The first-order valence-electron chi connectivity index (χ1n) is 8.97. The Balaban J connectivity index is 1.70. The van der Waals surface area contributed by atoms with Crippen molar-refractivity contribution in [2.45, 2.75) is 25.1 Å². The van der Waals surface area contributed by atoms with Crippen LogP contribution in [0.4, 0.5) is 0 Å². The fourth-order valence-electron chi connectivity index (χ4n) is 3.33. The molecule has 0 bridgehead atoms. The number of nitriles is 1. The SMILES string of the molecule is Cc1ccccc1-n1c(C)cc(/C=C(\C#N)Sc2nc3ccccc3s2)c1C. The van der Waals surface area contributed by atoms with Crippen LogP contribution in [0.1, 0.15) is 22.5 Å². The lowest BCUT2D eigenvalue weighted by molar-refractivity contribution is 0.954. The van der Waals surface area contributed by atoms with Crippen molar-refractivity contribution in [1.29, 1.82) is 5.26 Å². The quantitative estimate of drug-likeness (QED) is 0.283. The van der Waals surface area contributed by atoms with Gasteiger partial charge in [0.05, 0.1) is 15.1 Å². The van der Waals surface area contributed by atoms with Crippen molar-refractivity contribution in [2.75, 3.05) is 0 Å². The smallest absolute Gasteiger partial charge is 0.156 e. The molecule has 3 nitrogen and oxygen atoms in total. The molecule has 4 aromatic rings. The Labute approximate surface area is 173 Å². The summed E-state index contributed by atoms with van der Waals surface area (Å²) in [5, 5.41) is 9.68. The number of para-hydroxylation sites is 2. The molecule has 0 radical (unpaired) electrons. The van der Waals surface area contributed by atoms with Crippen LogP contribution in [-0.2, 0) is 0 Å². The summed E-state index contributed by atoms with van der Waals surface area (Å²) in [7, 11) is 0. The van der Waals surface area contributed by atoms with Gasteiger partial charge in [-0.05, 0) is 74.0 Å². The number of thioether (sulfide) groups is 1. The molecule has 0 spiro atoms. The monoisotopic (exact) mass is 401 g/mol. The molecule has 0 N–H and O–H groups in total. The van der Waals surface area contributed by atoms with E-state index in [4.69, 9.17) is 0 Å². The predicted molar refractivity (Wildman–Crippen MR) is 119 cm³/mol. The summed E-state index contributed by atoms with van der Waals surface area (Å²) < 4.78 is 4.28. The van der Waals surface area contributed by atoms with Crippen molar-refractivity contribution in [2.24, 2.45) is 0 Å². The van der Waals surface area contributed by atoms with E-state index in [1.54, 1.807) is 11.3 Å². The third-order valence-corrected chi connectivity index (χ3v) is 6.72. The van der Waals surface area contributed by atoms with Crippen molar-refractivity contribution in [3.8, 4) is 11.8 Å². The molecule has 0 fully saturated rings. The fourth-order valence-corrected chi connectivity index (χ4v) is 5.30. The maximum absolute atomic E-state index is 9.68. The molecule has 0 atom stereocenters. The van der Waals surface area contributed by atoms with Gasteiger partial charge in [0.25, 0.3) is 0 Å². The fraction of sp³-hybridized carbons (Fsp3) is 0.130. The molecule has 0 aliphatic heterocycles. The minimum Gasteiger partial charge on any atom is -0.318 e. The van der Waals surface area contributed by atoms with Crippen LogP contribution in [-0.4, -0.2) is 9.55 Å². The largest absolute Gasteiger partial charge is 0.318 e. The number of aryl methyl sites for hydroxylation is 2. The molecular formula is C23H19N3S2. The van der Waals surface area contributed by atoms with E-state index >= 15 is 0 Å². The second-order valence-corrected chi connectivity index (χ2v) is 8.94. The van der Waals surface area contributed by atoms with Gasteiger partial charge in [0, 0.05) is 17.1 Å². The minimum absolute atomic E-state index is 0.643. The Kier molecular flexibility index (Phi) is 5.08. The standard InChI is InChI=1S/C23H19N3S2/c1-15-8-4-6-10-21(15)26-16(2)12-18(17(26)3)13-19(14-24)27-23-25-20-9-5-7-11-22(20)28-23/h4-13H,1-3H3/b19-13+. The summed E-state index contributed by atoms with van der Waals surface area (Å²) in [6.07, 6.45) is 1.97. The number of thiazole rings is 1. The Morgan fingerprint density at radius 1 is 1.11 bits per heavy atom. The molecule has 0 saturated heterocycles. The van der Waals surface area contributed by atoms with Gasteiger partial charge in [-0.25, -0.2) is 4.98 Å². The maximum Gasteiger partial charge on any atom is 0.156 e. The zero-order valence-electron chi connectivity index (χ0n) is 15.9. The van der Waals surface area contributed by atoms with E-state index in [0.29, 0.717) is 4.91 Å². The van der Waals surface area contributed by atoms with Gasteiger partial charge in [0.2, 0.25) is 0 Å². The van der Waals surface area contributed by atoms with Crippen LogP contribution in [0.25, 0.3) is 22.0 Å². The summed E-state index contributed by atoms with van der Waals surface area (Å²) >= 11 is 3.05. The van der Waals surface area contributed by atoms with Crippen LogP contribution < -0.4 is 0 Å². The predicted octanol–water partition coefficient (Wildman–Crippen LogP) is 6.67. The molecule has 0 aliphatic rings. The van der Waals surface area contributed by atoms with Crippen LogP contribution in [0.2, 0.25) is 0 Å². The van der Waals surface area contributed by atoms with Crippen LogP contribution in [0.5, 0.6) is 0 Å². The first kappa shape index (κ1) is 18.5. The average molecular weight is 402 g/mol. The lowest BCUT2D eigenvalue weighted by Crippen LogP contribution is -2.01. The van der Waals surface area contributed by atoms with E-state index in [1.807, 2.05) is 24.3 Å². The summed E-state index contributed by atoms with van der Waals surface area (Å²) in [5.41, 5.74) is 6.72. The average Bonchev–Trinajstić information content (AvgIpc) is 3.22. The highest BCUT2D eigenvalue weighted by Gasteiger charge is 2.13. The summed E-state index contributed by atoms with van der Waals surface area (Å²) in [6.45, 7) is 6.32. The van der Waals surface area contributed by atoms with Crippen LogP contribution in [0.15, 0.2) is 63.8 Å². The van der Waals surface area contributed by atoms with Crippen molar-refractivity contribution < 1.29 is 0 Å². The summed E-state index contributed by atoms with van der Waals surface area (Å²) in [6, 6.07) is 20.9. The lowest BCUT2D eigenvalue weighted by atomic mass is 10.2. The third kappa shape index (κ3) is 3.49. The van der Waals surface area contributed by atoms with Gasteiger partial charge >= 0.3 is 0 Å². The Morgan fingerprint density at radius 3 is 2.61 bits per heavy atom. The van der Waals surface area contributed by atoms with Crippen molar-refractivity contribution >= 4 is 39.4 Å². The van der Waals surface area contributed by atoms with Gasteiger partial charge in [-0.2, -0.15) is 5.26 Å². The normalized spacial score (nSPS) is 11.7.